The van der Waals surface area contributed by atoms with E-state index in [1.165, 1.54) is 6.20 Å². The Hall–Kier alpha value is -2.89. The first-order valence-corrected chi connectivity index (χ1v) is 7.83. The molecule has 1 aromatic carbocycles. The number of para-hydroxylation sites is 1. The summed E-state index contributed by atoms with van der Waals surface area (Å²) in [6, 6.07) is 9.36. The van der Waals surface area contributed by atoms with Crippen molar-refractivity contribution in [2.45, 2.75) is 13.0 Å². The molecule has 2 aromatic heterocycles. The molecule has 6 nitrogen and oxygen atoms in total. The van der Waals surface area contributed by atoms with Crippen LogP contribution < -0.4 is 4.74 Å². The number of ether oxygens (including phenoxy) is 2. The Morgan fingerprint density at radius 2 is 2.17 bits per heavy atom. The highest BCUT2D eigenvalue weighted by Gasteiger charge is 2.31. The third kappa shape index (κ3) is 2.40. The van der Waals surface area contributed by atoms with Crippen LogP contribution in [0.2, 0.25) is 0 Å². The van der Waals surface area contributed by atoms with Crippen molar-refractivity contribution in [2.24, 2.45) is 13.0 Å². The number of aryl methyl sites for hydroxylation is 1. The Morgan fingerprint density at radius 1 is 1.33 bits per heavy atom. The summed E-state index contributed by atoms with van der Waals surface area (Å²) in [6.45, 7) is 2.53. The van der Waals surface area contributed by atoms with Crippen LogP contribution >= 0.6 is 0 Å². The number of hydrogen-bond acceptors (Lipinski definition) is 5. The molecule has 1 aliphatic heterocycles. The summed E-state index contributed by atoms with van der Waals surface area (Å²) in [5, 5.41) is 0. The fourth-order valence-corrected chi connectivity index (χ4v) is 2.95. The predicted octanol–water partition coefficient (Wildman–Crippen LogP) is 2.89. The highest BCUT2D eigenvalue weighted by atomic mass is 16.6. The van der Waals surface area contributed by atoms with Gasteiger partial charge in [-0.05, 0) is 12.1 Å². The lowest BCUT2D eigenvalue weighted by Crippen LogP contribution is -2.27. The zero-order valence-corrected chi connectivity index (χ0v) is 13.5. The maximum Gasteiger partial charge on any atom is 0.340 e. The van der Waals surface area contributed by atoms with Crippen molar-refractivity contribution in [1.82, 2.24) is 14.5 Å². The molecule has 3 aromatic rings. The van der Waals surface area contributed by atoms with Gasteiger partial charge < -0.3 is 14.0 Å². The van der Waals surface area contributed by atoms with Gasteiger partial charge in [-0.25, -0.2) is 14.8 Å². The Bertz CT molecular complexity index is 919. The smallest absolute Gasteiger partial charge is 0.340 e. The van der Waals surface area contributed by atoms with E-state index in [0.717, 1.165) is 17.0 Å². The lowest BCUT2D eigenvalue weighted by molar-refractivity contribution is -0.000245. The number of rotatable bonds is 2. The Kier molecular flexibility index (Phi) is 3.45. The number of fused-ring (bicyclic) bond motifs is 2. The topological polar surface area (TPSA) is 66.2 Å². The largest absolute Gasteiger partial charge is 0.493 e. The molecule has 24 heavy (non-hydrogen) atoms. The van der Waals surface area contributed by atoms with Gasteiger partial charge in [-0.15, -0.1) is 0 Å². The summed E-state index contributed by atoms with van der Waals surface area (Å²) >= 11 is 0. The monoisotopic (exact) mass is 323 g/mol. The average molecular weight is 323 g/mol. The standard InChI is InChI=1S/C18H17N3O3/c1-11-9-23-15-6-4-3-5-13(15)16(11)24-18(22)12-7-14-17(19-8-12)21(2)10-20-14/h3-8,10-11,16H,9H2,1-2H3/t11-,16-/m0/s1. The molecule has 2 atom stereocenters. The van der Waals surface area contributed by atoms with Crippen LogP contribution in [0.25, 0.3) is 11.2 Å². The number of benzene rings is 1. The number of esters is 1. The van der Waals surface area contributed by atoms with Gasteiger partial charge in [0.05, 0.1) is 18.5 Å². The molecule has 3 heterocycles. The van der Waals surface area contributed by atoms with Crippen molar-refractivity contribution in [3.05, 3.63) is 54.0 Å². The second-order valence-electron chi connectivity index (χ2n) is 6.07. The molecule has 0 N–H and O–H groups in total. The fourth-order valence-electron chi connectivity index (χ4n) is 2.95. The number of pyridine rings is 1. The first-order chi connectivity index (χ1) is 11.6. The Balaban J connectivity index is 1.63. The summed E-state index contributed by atoms with van der Waals surface area (Å²) < 4.78 is 13.3. The van der Waals surface area contributed by atoms with Crippen LogP contribution in [0.1, 0.15) is 28.9 Å². The minimum atomic E-state index is -0.399. The highest BCUT2D eigenvalue weighted by molar-refractivity contribution is 5.92. The van der Waals surface area contributed by atoms with Crippen molar-refractivity contribution >= 4 is 17.1 Å². The minimum Gasteiger partial charge on any atom is -0.493 e. The molecule has 0 saturated heterocycles. The molecule has 0 bridgehead atoms. The second kappa shape index (κ2) is 5.63. The number of nitrogens with zero attached hydrogens (tertiary/aromatic N) is 3. The summed E-state index contributed by atoms with van der Waals surface area (Å²) in [6.07, 6.45) is 2.87. The van der Waals surface area contributed by atoms with Crippen LogP contribution in [0.4, 0.5) is 0 Å². The SMILES string of the molecule is C[C@H]1COc2ccccc2[C@H]1OC(=O)c1cnc2c(c1)ncn2C. The van der Waals surface area contributed by atoms with Gasteiger partial charge in [-0.2, -0.15) is 0 Å². The van der Waals surface area contributed by atoms with Gasteiger partial charge in [0.2, 0.25) is 0 Å². The normalized spacial score (nSPS) is 19.6. The van der Waals surface area contributed by atoms with E-state index in [1.807, 2.05) is 38.2 Å². The van der Waals surface area contributed by atoms with Gasteiger partial charge in [-0.1, -0.05) is 25.1 Å². The number of carbonyl (C=O) groups excluding carboxylic acids is 1. The minimum absolute atomic E-state index is 0.0791. The fraction of sp³-hybridized carbons (Fsp3) is 0.278. The molecule has 0 spiro atoms. The van der Waals surface area contributed by atoms with Crippen molar-refractivity contribution in [1.29, 1.82) is 0 Å². The van der Waals surface area contributed by atoms with E-state index >= 15 is 0 Å². The van der Waals surface area contributed by atoms with Crippen LogP contribution in [0.15, 0.2) is 42.9 Å². The van der Waals surface area contributed by atoms with Crippen LogP contribution in [0.3, 0.4) is 0 Å². The first-order valence-electron chi connectivity index (χ1n) is 7.83. The summed E-state index contributed by atoms with van der Waals surface area (Å²) in [4.78, 5) is 21.1. The number of imidazole rings is 1. The molecule has 122 valence electrons. The summed E-state index contributed by atoms with van der Waals surface area (Å²) in [7, 11) is 1.86. The zero-order valence-electron chi connectivity index (χ0n) is 13.5. The van der Waals surface area contributed by atoms with Gasteiger partial charge in [0.15, 0.2) is 5.65 Å². The van der Waals surface area contributed by atoms with Crippen molar-refractivity contribution < 1.29 is 14.3 Å². The van der Waals surface area contributed by atoms with Gasteiger partial charge in [0, 0.05) is 24.7 Å². The third-order valence-corrected chi connectivity index (χ3v) is 4.27. The van der Waals surface area contributed by atoms with Gasteiger partial charge in [0.25, 0.3) is 0 Å². The second-order valence-corrected chi connectivity index (χ2v) is 6.07. The van der Waals surface area contributed by atoms with Crippen LogP contribution in [0, 0.1) is 5.92 Å². The third-order valence-electron chi connectivity index (χ3n) is 4.27. The van der Waals surface area contributed by atoms with E-state index in [-0.39, 0.29) is 12.0 Å². The first kappa shape index (κ1) is 14.7. The molecule has 6 heteroatoms. The molecule has 1 aliphatic rings. The van der Waals surface area contributed by atoms with E-state index in [9.17, 15) is 4.79 Å². The molecular formula is C18H17N3O3. The van der Waals surface area contributed by atoms with Crippen LogP contribution in [-0.4, -0.2) is 27.1 Å². The Morgan fingerprint density at radius 3 is 3.04 bits per heavy atom. The Labute approximate surface area is 139 Å². The number of hydrogen-bond donors (Lipinski definition) is 0. The molecule has 0 saturated carbocycles. The summed E-state index contributed by atoms with van der Waals surface area (Å²) in [5.74, 6) is 0.450. The van der Waals surface area contributed by atoms with Crippen molar-refractivity contribution in [3.8, 4) is 5.75 Å². The van der Waals surface area contributed by atoms with Crippen LogP contribution in [-0.2, 0) is 11.8 Å². The molecule has 0 amide bonds. The van der Waals surface area contributed by atoms with Gasteiger partial charge in [0.1, 0.15) is 17.4 Å². The predicted molar refractivity (Wildman–Crippen MR) is 87.8 cm³/mol. The van der Waals surface area contributed by atoms with E-state index < -0.39 is 5.97 Å². The highest BCUT2D eigenvalue weighted by Crippen LogP contribution is 2.38. The zero-order chi connectivity index (χ0) is 16.7. The quantitative estimate of drug-likeness (QED) is 0.678. The van der Waals surface area contributed by atoms with E-state index in [1.54, 1.807) is 17.0 Å². The van der Waals surface area contributed by atoms with E-state index in [2.05, 4.69) is 9.97 Å². The molecule has 0 radical (unpaired) electrons. The van der Waals surface area contributed by atoms with Crippen molar-refractivity contribution in [3.63, 3.8) is 0 Å². The number of aromatic nitrogens is 3. The van der Waals surface area contributed by atoms with Gasteiger partial charge in [-0.3, -0.25) is 0 Å². The lowest BCUT2D eigenvalue weighted by atomic mass is 9.94. The average Bonchev–Trinajstić information content (AvgIpc) is 2.98. The van der Waals surface area contributed by atoms with Crippen LogP contribution in [0.5, 0.6) is 5.75 Å². The summed E-state index contributed by atoms with van der Waals surface area (Å²) in [5.41, 5.74) is 2.71. The maximum absolute atomic E-state index is 12.6. The molecule has 0 unspecified atom stereocenters. The maximum atomic E-state index is 12.6. The van der Waals surface area contributed by atoms with E-state index in [0.29, 0.717) is 17.7 Å². The molecule has 0 aliphatic carbocycles. The number of carbonyl (C=O) groups is 1. The lowest BCUT2D eigenvalue weighted by Gasteiger charge is -2.31. The van der Waals surface area contributed by atoms with Gasteiger partial charge >= 0.3 is 5.97 Å². The molecule has 4 rings (SSSR count). The molecule has 0 fully saturated rings. The van der Waals surface area contributed by atoms with E-state index in [4.69, 9.17) is 9.47 Å². The molecular weight excluding hydrogens is 306 g/mol. The van der Waals surface area contributed by atoms with Crippen molar-refractivity contribution in [2.75, 3.05) is 6.61 Å².